The number of nitrogens with one attached hydrogen (secondary N) is 1. The first kappa shape index (κ1) is 15.2. The average Bonchev–Trinajstić information content (AvgIpc) is 2.48. The Morgan fingerprint density at radius 2 is 2.15 bits per heavy atom. The van der Waals surface area contributed by atoms with E-state index >= 15 is 0 Å². The van der Waals surface area contributed by atoms with Gasteiger partial charge in [-0.05, 0) is 25.8 Å². The van der Waals surface area contributed by atoms with Crippen LogP contribution >= 0.6 is 0 Å². The maximum atomic E-state index is 12.6. The van der Waals surface area contributed by atoms with Crippen LogP contribution in [0.15, 0.2) is 23.2 Å². The lowest BCUT2D eigenvalue weighted by Gasteiger charge is -2.30. The molecule has 0 saturated carbocycles. The highest BCUT2D eigenvalue weighted by atomic mass is 32.2. The zero-order valence-electron chi connectivity index (χ0n) is 11.9. The summed E-state index contributed by atoms with van der Waals surface area (Å²) in [5, 5.41) is 3.03. The summed E-state index contributed by atoms with van der Waals surface area (Å²) in [4.78, 5) is 4.39. The quantitative estimate of drug-likeness (QED) is 0.887. The lowest BCUT2D eigenvalue weighted by molar-refractivity contribution is 0.0604. The predicted molar refractivity (Wildman–Crippen MR) is 77.2 cm³/mol. The number of sulfonamides is 1. The summed E-state index contributed by atoms with van der Waals surface area (Å²) in [6, 6.07) is 3.12. The Bertz CT molecular complexity index is 540. The van der Waals surface area contributed by atoms with Gasteiger partial charge in [0.05, 0.1) is 11.0 Å². The van der Waals surface area contributed by atoms with Crippen LogP contribution < -0.4 is 5.32 Å². The van der Waals surface area contributed by atoms with E-state index in [1.54, 1.807) is 19.2 Å². The third-order valence-electron chi connectivity index (χ3n) is 3.46. The molecular weight excluding hydrogens is 278 g/mol. The van der Waals surface area contributed by atoms with Crippen LogP contribution in [0.2, 0.25) is 0 Å². The summed E-state index contributed by atoms with van der Waals surface area (Å²) in [6.45, 7) is 3.65. The van der Waals surface area contributed by atoms with E-state index in [-0.39, 0.29) is 6.10 Å². The van der Waals surface area contributed by atoms with Crippen molar-refractivity contribution in [2.75, 3.05) is 32.1 Å². The van der Waals surface area contributed by atoms with Crippen molar-refractivity contribution in [3.05, 3.63) is 18.3 Å². The fourth-order valence-electron chi connectivity index (χ4n) is 2.31. The van der Waals surface area contributed by atoms with Gasteiger partial charge in [-0.1, -0.05) is 0 Å². The largest absolute Gasteiger partial charge is 0.381 e. The van der Waals surface area contributed by atoms with E-state index in [2.05, 4.69) is 10.3 Å². The molecule has 1 aliphatic heterocycles. The number of nitrogens with zero attached hydrogens (tertiary/aromatic N) is 2. The standard InChI is InChI=1S/C13H21N3O3S/c1-3-14-13-10-12(4-7-15-13)20(17,18)16-8-5-11(19-2)6-9-16/h4,7,10-11H,3,5-6,8-9H2,1-2H3,(H,14,15). The molecule has 2 heterocycles. The second-order valence-electron chi connectivity index (χ2n) is 4.75. The maximum absolute atomic E-state index is 12.6. The molecule has 1 N–H and O–H groups in total. The Labute approximate surface area is 120 Å². The maximum Gasteiger partial charge on any atom is 0.243 e. The van der Waals surface area contributed by atoms with E-state index < -0.39 is 10.0 Å². The van der Waals surface area contributed by atoms with Crippen LogP contribution in [-0.4, -0.2) is 50.6 Å². The van der Waals surface area contributed by atoms with Crippen LogP contribution in [0.3, 0.4) is 0 Å². The number of anilines is 1. The molecule has 2 rings (SSSR count). The number of pyridine rings is 1. The fourth-order valence-corrected chi connectivity index (χ4v) is 3.79. The molecule has 0 aliphatic carbocycles. The average molecular weight is 299 g/mol. The molecule has 1 aromatic rings. The molecule has 6 nitrogen and oxygen atoms in total. The molecule has 1 fully saturated rings. The van der Waals surface area contributed by atoms with Crippen LogP contribution in [0.25, 0.3) is 0 Å². The first-order valence-corrected chi connectivity index (χ1v) is 8.24. The van der Waals surface area contributed by atoms with Gasteiger partial charge in [-0.2, -0.15) is 4.31 Å². The van der Waals surface area contributed by atoms with Gasteiger partial charge in [0.2, 0.25) is 10.0 Å². The molecule has 0 amide bonds. The summed E-state index contributed by atoms with van der Waals surface area (Å²) in [7, 11) is -1.77. The molecule has 1 saturated heterocycles. The number of methoxy groups -OCH3 is 1. The Morgan fingerprint density at radius 1 is 1.45 bits per heavy atom. The van der Waals surface area contributed by atoms with Gasteiger partial charge >= 0.3 is 0 Å². The van der Waals surface area contributed by atoms with Crippen LogP contribution in [0.5, 0.6) is 0 Å². The Kier molecular flexibility index (Phi) is 4.95. The molecule has 0 bridgehead atoms. The second kappa shape index (κ2) is 6.51. The number of rotatable bonds is 5. The van der Waals surface area contributed by atoms with Gasteiger partial charge in [-0.3, -0.25) is 0 Å². The number of ether oxygens (including phenoxy) is 1. The van der Waals surface area contributed by atoms with Gasteiger partial charge in [0, 0.05) is 39.0 Å². The van der Waals surface area contributed by atoms with E-state index in [4.69, 9.17) is 4.74 Å². The minimum Gasteiger partial charge on any atom is -0.381 e. The molecule has 0 radical (unpaired) electrons. The highest BCUT2D eigenvalue weighted by Crippen LogP contribution is 2.22. The van der Waals surface area contributed by atoms with E-state index in [1.165, 1.54) is 10.5 Å². The summed E-state index contributed by atoms with van der Waals surface area (Å²) < 4.78 is 31.9. The number of hydrogen-bond donors (Lipinski definition) is 1. The van der Waals surface area contributed by atoms with Crippen LogP contribution in [0.4, 0.5) is 5.82 Å². The van der Waals surface area contributed by atoms with Crippen molar-refractivity contribution in [2.24, 2.45) is 0 Å². The highest BCUT2D eigenvalue weighted by molar-refractivity contribution is 7.89. The van der Waals surface area contributed by atoms with E-state index in [1.807, 2.05) is 6.92 Å². The van der Waals surface area contributed by atoms with Crippen LogP contribution in [-0.2, 0) is 14.8 Å². The number of piperidine rings is 1. The Morgan fingerprint density at radius 3 is 2.75 bits per heavy atom. The summed E-state index contributed by atoms with van der Waals surface area (Å²) in [5.41, 5.74) is 0. The SMILES string of the molecule is CCNc1cc(S(=O)(=O)N2CCC(OC)CC2)ccn1. The second-order valence-corrected chi connectivity index (χ2v) is 6.68. The predicted octanol–water partition coefficient (Wildman–Crippen LogP) is 1.31. The lowest BCUT2D eigenvalue weighted by Crippen LogP contribution is -2.40. The zero-order valence-corrected chi connectivity index (χ0v) is 12.7. The molecule has 112 valence electrons. The van der Waals surface area contributed by atoms with Gasteiger partial charge in [0.1, 0.15) is 5.82 Å². The van der Waals surface area contributed by atoms with Crippen molar-refractivity contribution in [1.29, 1.82) is 0 Å². The molecule has 20 heavy (non-hydrogen) atoms. The molecule has 0 atom stereocenters. The van der Waals surface area contributed by atoms with Crippen molar-refractivity contribution >= 4 is 15.8 Å². The van der Waals surface area contributed by atoms with Crippen molar-refractivity contribution in [2.45, 2.75) is 30.8 Å². The van der Waals surface area contributed by atoms with Crippen molar-refractivity contribution in [3.8, 4) is 0 Å². The summed E-state index contributed by atoms with van der Waals surface area (Å²) in [6.07, 6.45) is 3.16. The summed E-state index contributed by atoms with van der Waals surface area (Å²) >= 11 is 0. The Balaban J connectivity index is 2.16. The van der Waals surface area contributed by atoms with E-state index in [0.717, 1.165) is 12.8 Å². The molecule has 1 aliphatic rings. The first-order chi connectivity index (χ1) is 9.57. The molecular formula is C13H21N3O3S. The Hall–Kier alpha value is -1.18. The molecule has 0 unspecified atom stereocenters. The lowest BCUT2D eigenvalue weighted by atomic mass is 10.1. The number of aromatic nitrogens is 1. The van der Waals surface area contributed by atoms with Gasteiger partial charge < -0.3 is 10.1 Å². The van der Waals surface area contributed by atoms with Crippen LogP contribution in [0, 0.1) is 0 Å². The topological polar surface area (TPSA) is 71.5 Å². The smallest absolute Gasteiger partial charge is 0.243 e. The van der Waals surface area contributed by atoms with Gasteiger partial charge in [0.15, 0.2) is 0 Å². The minimum absolute atomic E-state index is 0.163. The third kappa shape index (κ3) is 3.28. The summed E-state index contributed by atoms with van der Waals surface area (Å²) in [5.74, 6) is 0.584. The fraction of sp³-hybridized carbons (Fsp3) is 0.615. The van der Waals surface area contributed by atoms with Crippen LogP contribution in [0.1, 0.15) is 19.8 Å². The van der Waals surface area contributed by atoms with E-state index in [9.17, 15) is 8.42 Å². The monoisotopic (exact) mass is 299 g/mol. The van der Waals surface area contributed by atoms with Crippen molar-refractivity contribution < 1.29 is 13.2 Å². The van der Waals surface area contributed by atoms with Gasteiger partial charge in [-0.25, -0.2) is 13.4 Å². The zero-order chi connectivity index (χ0) is 14.6. The first-order valence-electron chi connectivity index (χ1n) is 6.80. The van der Waals surface area contributed by atoms with Crippen molar-refractivity contribution in [1.82, 2.24) is 9.29 Å². The van der Waals surface area contributed by atoms with Crippen molar-refractivity contribution in [3.63, 3.8) is 0 Å². The minimum atomic E-state index is -3.44. The molecule has 0 aromatic carbocycles. The number of hydrogen-bond acceptors (Lipinski definition) is 5. The molecule has 7 heteroatoms. The molecule has 1 aromatic heterocycles. The van der Waals surface area contributed by atoms with Gasteiger partial charge in [0.25, 0.3) is 0 Å². The van der Waals surface area contributed by atoms with Gasteiger partial charge in [-0.15, -0.1) is 0 Å². The highest BCUT2D eigenvalue weighted by Gasteiger charge is 2.29. The van der Waals surface area contributed by atoms with E-state index in [0.29, 0.717) is 30.3 Å². The normalized spacial score (nSPS) is 18.1. The third-order valence-corrected chi connectivity index (χ3v) is 5.36. The molecule has 0 spiro atoms.